The van der Waals surface area contributed by atoms with Crippen LogP contribution in [0.4, 0.5) is 10.1 Å². The van der Waals surface area contributed by atoms with Gasteiger partial charge in [0.2, 0.25) is 0 Å². The van der Waals surface area contributed by atoms with Gasteiger partial charge in [0.05, 0.1) is 11.5 Å². The number of halogens is 1. The summed E-state index contributed by atoms with van der Waals surface area (Å²) in [5.41, 5.74) is -0.989. The van der Waals surface area contributed by atoms with Crippen molar-refractivity contribution < 1.29 is 23.6 Å². The molecule has 1 rings (SSSR count). The average molecular weight is 270 g/mol. The largest absolute Gasteiger partial charge is 0.465 e. The fourth-order valence-electron chi connectivity index (χ4n) is 1.31. The van der Waals surface area contributed by atoms with Gasteiger partial charge in [-0.05, 0) is 19.1 Å². The third-order valence-corrected chi connectivity index (χ3v) is 2.10. The van der Waals surface area contributed by atoms with Gasteiger partial charge in [0.25, 0.3) is 11.6 Å². The molecular weight excluding hydrogens is 259 g/mol. The maximum atomic E-state index is 13.0. The third-order valence-electron chi connectivity index (χ3n) is 2.10. The van der Waals surface area contributed by atoms with Crippen LogP contribution in [0.3, 0.4) is 0 Å². The number of carbonyl (C=O) groups is 2. The Bertz CT molecular complexity index is 518. The van der Waals surface area contributed by atoms with E-state index in [2.05, 4.69) is 10.1 Å². The Kier molecular flexibility index (Phi) is 4.92. The molecule has 0 unspecified atom stereocenters. The molecule has 1 aromatic rings. The van der Waals surface area contributed by atoms with E-state index < -0.39 is 40.4 Å². The maximum Gasteiger partial charge on any atom is 0.325 e. The fourth-order valence-corrected chi connectivity index (χ4v) is 1.31. The summed E-state index contributed by atoms with van der Waals surface area (Å²) < 4.78 is 17.6. The van der Waals surface area contributed by atoms with Crippen LogP contribution in [0, 0.1) is 15.9 Å². The normalized spacial score (nSPS) is 9.79. The van der Waals surface area contributed by atoms with Crippen LogP contribution in [-0.4, -0.2) is 30.0 Å². The zero-order valence-electron chi connectivity index (χ0n) is 10.0. The molecular formula is C11H11FN2O5. The van der Waals surface area contributed by atoms with Crippen molar-refractivity contribution in [2.45, 2.75) is 6.92 Å². The van der Waals surface area contributed by atoms with Gasteiger partial charge >= 0.3 is 5.97 Å². The van der Waals surface area contributed by atoms with Gasteiger partial charge in [0.1, 0.15) is 17.9 Å². The summed E-state index contributed by atoms with van der Waals surface area (Å²) >= 11 is 0. The first-order valence-electron chi connectivity index (χ1n) is 5.33. The van der Waals surface area contributed by atoms with Gasteiger partial charge in [0, 0.05) is 6.07 Å². The second-order valence-corrected chi connectivity index (χ2v) is 3.41. The van der Waals surface area contributed by atoms with E-state index in [9.17, 15) is 24.1 Å². The van der Waals surface area contributed by atoms with Crippen LogP contribution in [0.25, 0.3) is 0 Å². The van der Waals surface area contributed by atoms with Crippen molar-refractivity contribution in [1.82, 2.24) is 5.32 Å². The molecule has 0 aliphatic carbocycles. The number of nitrogens with zero attached hydrogens (tertiary/aromatic N) is 1. The molecule has 0 atom stereocenters. The third kappa shape index (κ3) is 4.02. The predicted molar refractivity (Wildman–Crippen MR) is 62.0 cm³/mol. The lowest BCUT2D eigenvalue weighted by Gasteiger charge is -2.05. The highest BCUT2D eigenvalue weighted by atomic mass is 19.1. The van der Waals surface area contributed by atoms with Crippen molar-refractivity contribution in [3.05, 3.63) is 39.7 Å². The number of hydrogen-bond acceptors (Lipinski definition) is 5. The van der Waals surface area contributed by atoms with Gasteiger partial charge < -0.3 is 10.1 Å². The molecule has 0 aromatic heterocycles. The Morgan fingerprint density at radius 1 is 1.47 bits per heavy atom. The predicted octanol–water partition coefficient (Wildman–Crippen LogP) is 1.03. The number of amides is 1. The summed E-state index contributed by atoms with van der Waals surface area (Å²) in [7, 11) is 0. The van der Waals surface area contributed by atoms with Crippen molar-refractivity contribution in [3.63, 3.8) is 0 Å². The highest BCUT2D eigenvalue weighted by molar-refractivity contribution is 5.99. The molecule has 1 aromatic carbocycles. The van der Waals surface area contributed by atoms with Crippen molar-refractivity contribution in [3.8, 4) is 0 Å². The second kappa shape index (κ2) is 6.43. The van der Waals surface area contributed by atoms with E-state index in [-0.39, 0.29) is 6.61 Å². The van der Waals surface area contributed by atoms with Gasteiger partial charge in [-0.25, -0.2) is 4.39 Å². The Morgan fingerprint density at radius 3 is 2.74 bits per heavy atom. The van der Waals surface area contributed by atoms with E-state index in [1.807, 2.05) is 0 Å². The first-order chi connectivity index (χ1) is 8.95. The topological polar surface area (TPSA) is 98.5 Å². The number of hydrogen-bond donors (Lipinski definition) is 1. The van der Waals surface area contributed by atoms with Crippen LogP contribution in [0.2, 0.25) is 0 Å². The van der Waals surface area contributed by atoms with E-state index in [0.717, 1.165) is 18.2 Å². The molecule has 102 valence electrons. The van der Waals surface area contributed by atoms with Crippen molar-refractivity contribution in [2.75, 3.05) is 13.2 Å². The zero-order valence-corrected chi connectivity index (χ0v) is 10.0. The minimum absolute atomic E-state index is 0.148. The van der Waals surface area contributed by atoms with Crippen LogP contribution in [0.15, 0.2) is 18.2 Å². The summed E-state index contributed by atoms with van der Waals surface area (Å²) in [6, 6.07) is 2.49. The Labute approximate surface area is 107 Å². The summed E-state index contributed by atoms with van der Waals surface area (Å²) in [5.74, 6) is -2.39. The molecule has 1 amide bonds. The van der Waals surface area contributed by atoms with Gasteiger partial charge in [-0.1, -0.05) is 0 Å². The molecule has 0 bridgehead atoms. The average Bonchev–Trinajstić information content (AvgIpc) is 2.35. The standard InChI is InChI=1S/C11H11FN2O5/c1-2-19-10(15)6-13-11(16)8-5-7(12)3-4-9(8)14(17)18/h3-5H,2,6H2,1H3,(H,13,16). The minimum Gasteiger partial charge on any atom is -0.465 e. The molecule has 0 saturated carbocycles. The molecule has 8 heteroatoms. The summed E-state index contributed by atoms with van der Waals surface area (Å²) in [5, 5.41) is 12.8. The van der Waals surface area contributed by atoms with E-state index in [4.69, 9.17) is 0 Å². The summed E-state index contributed by atoms with van der Waals surface area (Å²) in [6.45, 7) is 1.30. The maximum absolute atomic E-state index is 13.0. The van der Waals surface area contributed by atoms with Gasteiger partial charge in [0.15, 0.2) is 0 Å². The highest BCUT2D eigenvalue weighted by Crippen LogP contribution is 2.19. The van der Waals surface area contributed by atoms with Gasteiger partial charge in [-0.2, -0.15) is 0 Å². The number of nitro benzene ring substituents is 1. The number of nitro groups is 1. The summed E-state index contributed by atoms with van der Waals surface area (Å²) in [4.78, 5) is 32.5. The van der Waals surface area contributed by atoms with E-state index in [0.29, 0.717) is 0 Å². The van der Waals surface area contributed by atoms with E-state index in [1.165, 1.54) is 0 Å². The number of ether oxygens (including phenoxy) is 1. The quantitative estimate of drug-likeness (QED) is 0.489. The molecule has 7 nitrogen and oxygen atoms in total. The summed E-state index contributed by atoms with van der Waals surface area (Å²) in [6.07, 6.45) is 0. The second-order valence-electron chi connectivity index (χ2n) is 3.41. The Balaban J connectivity index is 2.84. The number of nitrogens with one attached hydrogen (secondary N) is 1. The van der Waals surface area contributed by atoms with Crippen LogP contribution in [0.1, 0.15) is 17.3 Å². The molecule has 1 N–H and O–H groups in total. The van der Waals surface area contributed by atoms with Crippen LogP contribution in [0.5, 0.6) is 0 Å². The van der Waals surface area contributed by atoms with E-state index in [1.54, 1.807) is 6.92 Å². The number of esters is 1. The highest BCUT2D eigenvalue weighted by Gasteiger charge is 2.21. The molecule has 0 radical (unpaired) electrons. The van der Waals surface area contributed by atoms with Crippen LogP contribution >= 0.6 is 0 Å². The monoisotopic (exact) mass is 270 g/mol. The molecule has 0 aliphatic heterocycles. The van der Waals surface area contributed by atoms with Crippen LogP contribution < -0.4 is 5.32 Å². The fraction of sp³-hybridized carbons (Fsp3) is 0.273. The van der Waals surface area contributed by atoms with Crippen LogP contribution in [-0.2, 0) is 9.53 Å². The molecule has 19 heavy (non-hydrogen) atoms. The van der Waals surface area contributed by atoms with E-state index >= 15 is 0 Å². The lowest BCUT2D eigenvalue weighted by molar-refractivity contribution is -0.385. The van der Waals surface area contributed by atoms with Crippen molar-refractivity contribution >= 4 is 17.6 Å². The van der Waals surface area contributed by atoms with Crippen molar-refractivity contribution in [2.24, 2.45) is 0 Å². The SMILES string of the molecule is CCOC(=O)CNC(=O)c1cc(F)ccc1[N+](=O)[O-]. The number of benzene rings is 1. The van der Waals surface area contributed by atoms with Gasteiger partial charge in [-0.15, -0.1) is 0 Å². The smallest absolute Gasteiger partial charge is 0.325 e. The molecule has 0 aliphatic rings. The molecule has 0 spiro atoms. The molecule has 0 fully saturated rings. The Hall–Kier alpha value is -2.51. The zero-order chi connectivity index (χ0) is 14.4. The minimum atomic E-state index is -0.917. The lowest BCUT2D eigenvalue weighted by Crippen LogP contribution is -2.31. The lowest BCUT2D eigenvalue weighted by atomic mass is 10.1. The number of carbonyl (C=O) groups excluding carboxylic acids is 2. The number of rotatable bonds is 5. The molecule has 0 saturated heterocycles. The Morgan fingerprint density at radius 2 is 2.16 bits per heavy atom. The molecule has 0 heterocycles. The first kappa shape index (κ1) is 14.6. The van der Waals surface area contributed by atoms with Gasteiger partial charge in [-0.3, -0.25) is 19.7 Å². The van der Waals surface area contributed by atoms with Crippen molar-refractivity contribution in [1.29, 1.82) is 0 Å². The first-order valence-corrected chi connectivity index (χ1v) is 5.33.